The van der Waals surface area contributed by atoms with Crippen molar-refractivity contribution in [1.82, 2.24) is 34.6 Å². The van der Waals surface area contributed by atoms with E-state index in [1.165, 1.54) is 0 Å². The van der Waals surface area contributed by atoms with Gasteiger partial charge in [0.1, 0.15) is 0 Å². The van der Waals surface area contributed by atoms with Gasteiger partial charge in [0.25, 0.3) is 0 Å². The second-order valence-electron chi connectivity index (χ2n) is 7.37. The predicted molar refractivity (Wildman–Crippen MR) is 110 cm³/mol. The summed E-state index contributed by atoms with van der Waals surface area (Å²) < 4.78 is 7.59. The van der Waals surface area contributed by atoms with Crippen LogP contribution < -0.4 is 16.0 Å². The van der Waals surface area contributed by atoms with E-state index >= 15 is 0 Å². The predicted octanol–water partition coefficient (Wildman–Crippen LogP) is 0.0103. The molecule has 0 aromatic carbocycles. The molecule has 152 valence electrons. The van der Waals surface area contributed by atoms with Crippen molar-refractivity contribution in [2.24, 2.45) is 0 Å². The van der Waals surface area contributed by atoms with Crippen LogP contribution in [0.4, 0.5) is 11.8 Å². The van der Waals surface area contributed by atoms with Crippen molar-refractivity contribution in [3.63, 3.8) is 0 Å². The summed E-state index contributed by atoms with van der Waals surface area (Å²) in [6.45, 7) is 7.94. The zero-order chi connectivity index (χ0) is 19.6. The molecule has 0 bridgehead atoms. The number of rotatable bonds is 4. The van der Waals surface area contributed by atoms with Crippen molar-refractivity contribution in [2.75, 3.05) is 63.1 Å². The molecule has 10 heteroatoms. The minimum absolute atomic E-state index is 0.254. The Hall–Kier alpha value is -2.82. The summed E-state index contributed by atoms with van der Waals surface area (Å²) in [6, 6.07) is 0. The van der Waals surface area contributed by atoms with Gasteiger partial charge in [-0.2, -0.15) is 0 Å². The first-order chi connectivity index (χ1) is 14.3. The summed E-state index contributed by atoms with van der Waals surface area (Å²) in [7, 11) is 0. The van der Waals surface area contributed by atoms with Crippen LogP contribution in [0.15, 0.2) is 24.8 Å². The van der Waals surface area contributed by atoms with Gasteiger partial charge in [-0.1, -0.05) is 0 Å². The average Bonchev–Trinajstić information content (AvgIpc) is 3.17. The molecule has 0 amide bonds. The smallest absolute Gasteiger partial charge is 0.219 e. The largest absolute Gasteiger partial charge is 0.378 e. The Morgan fingerprint density at radius 2 is 1.76 bits per heavy atom. The maximum atomic E-state index is 5.65. The second kappa shape index (κ2) is 7.90. The molecule has 0 unspecified atom stereocenters. The van der Waals surface area contributed by atoms with Crippen molar-refractivity contribution in [2.45, 2.75) is 6.54 Å². The Morgan fingerprint density at radius 3 is 2.52 bits per heavy atom. The third kappa shape index (κ3) is 3.86. The molecule has 3 N–H and O–H groups in total. The molecule has 5 heterocycles. The molecule has 10 nitrogen and oxygen atoms in total. The molecule has 3 aromatic rings. The van der Waals surface area contributed by atoms with Crippen LogP contribution in [0.3, 0.4) is 0 Å². The molecular formula is C19H25N9O. The molecule has 3 aromatic heterocycles. The number of hydrogen-bond donors (Lipinski definition) is 2. The fourth-order valence-corrected chi connectivity index (χ4v) is 3.80. The number of morpholine rings is 1. The van der Waals surface area contributed by atoms with E-state index in [0.717, 1.165) is 74.2 Å². The van der Waals surface area contributed by atoms with Gasteiger partial charge in [0.15, 0.2) is 11.5 Å². The molecule has 2 saturated heterocycles. The molecule has 0 radical (unpaired) electrons. The highest BCUT2D eigenvalue weighted by Crippen LogP contribution is 2.26. The molecule has 0 aliphatic carbocycles. The number of nitrogens with two attached hydrogens (primary N) is 1. The Kier molecular flexibility index (Phi) is 4.96. The van der Waals surface area contributed by atoms with Gasteiger partial charge >= 0.3 is 0 Å². The highest BCUT2D eigenvalue weighted by Gasteiger charge is 2.20. The van der Waals surface area contributed by atoms with Crippen LogP contribution in [0.25, 0.3) is 16.9 Å². The number of aromatic nitrogens is 5. The van der Waals surface area contributed by atoms with Gasteiger partial charge in [0.05, 0.1) is 24.6 Å². The number of anilines is 2. The van der Waals surface area contributed by atoms with Crippen LogP contribution in [0.2, 0.25) is 0 Å². The van der Waals surface area contributed by atoms with Gasteiger partial charge in [0, 0.05) is 76.2 Å². The van der Waals surface area contributed by atoms with Crippen LogP contribution in [0.1, 0.15) is 5.69 Å². The van der Waals surface area contributed by atoms with Crippen LogP contribution in [0, 0.1) is 0 Å². The summed E-state index contributed by atoms with van der Waals surface area (Å²) in [5.74, 6) is 1.12. The van der Waals surface area contributed by atoms with Crippen molar-refractivity contribution in [1.29, 1.82) is 0 Å². The van der Waals surface area contributed by atoms with Crippen LogP contribution in [-0.4, -0.2) is 81.7 Å². The summed E-state index contributed by atoms with van der Waals surface area (Å²) in [5.41, 5.74) is 9.19. The zero-order valence-corrected chi connectivity index (χ0v) is 16.3. The minimum atomic E-state index is 0.254. The van der Waals surface area contributed by atoms with Crippen LogP contribution in [-0.2, 0) is 11.3 Å². The molecule has 0 atom stereocenters. The Morgan fingerprint density at radius 1 is 1.00 bits per heavy atom. The SMILES string of the molecule is Nc1ncc(-c2cn3cc(CN4CCNCC4)nc3c(N3CCOCC3)n2)cn1. The van der Waals surface area contributed by atoms with Crippen molar-refractivity contribution < 1.29 is 4.74 Å². The lowest BCUT2D eigenvalue weighted by atomic mass is 10.2. The lowest BCUT2D eigenvalue weighted by molar-refractivity contribution is 0.122. The highest BCUT2D eigenvalue weighted by molar-refractivity contribution is 5.70. The second-order valence-corrected chi connectivity index (χ2v) is 7.37. The van der Waals surface area contributed by atoms with Gasteiger partial charge in [-0.05, 0) is 0 Å². The highest BCUT2D eigenvalue weighted by atomic mass is 16.5. The number of nitrogens with one attached hydrogen (secondary N) is 1. The first-order valence-electron chi connectivity index (χ1n) is 9.98. The summed E-state index contributed by atoms with van der Waals surface area (Å²) >= 11 is 0. The summed E-state index contributed by atoms with van der Waals surface area (Å²) in [5, 5.41) is 3.39. The van der Waals surface area contributed by atoms with E-state index in [-0.39, 0.29) is 5.95 Å². The zero-order valence-electron chi connectivity index (χ0n) is 16.3. The first kappa shape index (κ1) is 18.2. The number of fused-ring (bicyclic) bond motifs is 1. The van der Waals surface area contributed by atoms with E-state index < -0.39 is 0 Å². The van der Waals surface area contributed by atoms with Gasteiger partial charge in [-0.3, -0.25) is 4.90 Å². The van der Waals surface area contributed by atoms with E-state index in [2.05, 4.69) is 35.7 Å². The molecule has 2 aliphatic heterocycles. The summed E-state index contributed by atoms with van der Waals surface area (Å²) in [4.78, 5) is 22.8. The third-order valence-corrected chi connectivity index (χ3v) is 5.34. The molecule has 2 fully saturated rings. The first-order valence-corrected chi connectivity index (χ1v) is 9.98. The lowest BCUT2D eigenvalue weighted by Gasteiger charge is -2.28. The molecule has 5 rings (SSSR count). The van der Waals surface area contributed by atoms with E-state index in [0.29, 0.717) is 13.2 Å². The third-order valence-electron chi connectivity index (χ3n) is 5.34. The Labute approximate surface area is 168 Å². The number of hydrogen-bond acceptors (Lipinski definition) is 9. The Bertz CT molecular complexity index is 975. The van der Waals surface area contributed by atoms with Crippen molar-refractivity contribution >= 4 is 17.4 Å². The average molecular weight is 395 g/mol. The molecule has 0 saturated carbocycles. The fraction of sp³-hybridized carbons (Fsp3) is 0.474. The van der Waals surface area contributed by atoms with Crippen LogP contribution in [0.5, 0.6) is 0 Å². The van der Waals surface area contributed by atoms with Gasteiger partial charge in [-0.25, -0.2) is 19.9 Å². The lowest BCUT2D eigenvalue weighted by Crippen LogP contribution is -2.42. The van der Waals surface area contributed by atoms with E-state index in [9.17, 15) is 0 Å². The normalized spacial score (nSPS) is 18.4. The van der Waals surface area contributed by atoms with Gasteiger partial charge < -0.3 is 25.1 Å². The van der Waals surface area contributed by atoms with E-state index in [1.54, 1.807) is 12.4 Å². The van der Waals surface area contributed by atoms with Crippen LogP contribution >= 0.6 is 0 Å². The van der Waals surface area contributed by atoms with Crippen molar-refractivity contribution in [3.05, 3.63) is 30.5 Å². The fourth-order valence-electron chi connectivity index (χ4n) is 3.80. The maximum absolute atomic E-state index is 5.65. The topological polar surface area (TPSA) is 110 Å². The number of ether oxygens (including phenoxy) is 1. The molecule has 2 aliphatic rings. The minimum Gasteiger partial charge on any atom is -0.378 e. The monoisotopic (exact) mass is 395 g/mol. The quantitative estimate of drug-likeness (QED) is 0.631. The van der Waals surface area contributed by atoms with E-state index in [1.807, 2.05) is 6.20 Å². The van der Waals surface area contributed by atoms with E-state index in [4.69, 9.17) is 20.4 Å². The maximum Gasteiger partial charge on any atom is 0.219 e. The number of piperazine rings is 1. The molecular weight excluding hydrogens is 370 g/mol. The van der Waals surface area contributed by atoms with Crippen molar-refractivity contribution in [3.8, 4) is 11.3 Å². The van der Waals surface area contributed by atoms with Gasteiger partial charge in [0.2, 0.25) is 5.95 Å². The van der Waals surface area contributed by atoms with Gasteiger partial charge in [-0.15, -0.1) is 0 Å². The number of imidazole rings is 1. The number of nitrogens with zero attached hydrogens (tertiary/aromatic N) is 7. The molecule has 29 heavy (non-hydrogen) atoms. The molecule has 0 spiro atoms. The number of nitrogen functional groups attached to an aromatic ring is 1. The standard InChI is InChI=1S/C19H25N9O/c20-19-22-9-14(10-23-19)16-13-28-12-15(11-26-3-1-21-2-4-26)24-17(28)18(25-16)27-5-7-29-8-6-27/h9-10,12-13,21H,1-8,11H2,(H2,20,22,23). The Balaban J connectivity index is 1.54. The summed E-state index contributed by atoms with van der Waals surface area (Å²) in [6.07, 6.45) is 7.50.